The van der Waals surface area contributed by atoms with Crippen LogP contribution in [0.4, 0.5) is 0 Å². The SMILES string of the molecule is C=C[C@]12CCC(C)(C)C[C@H]1[C@H]1C(=O)C[C@@H]3[C@@]4(C)CC(C#N)C(=O)C(C)(C)[C@@H]4CC[C@@]3(C)[C@]1(C)CC2. The monoisotopic (exact) mass is 477 g/mol. The Balaban J connectivity index is 1.61. The summed E-state index contributed by atoms with van der Waals surface area (Å²) in [4.78, 5) is 27.6. The zero-order valence-corrected chi connectivity index (χ0v) is 23.3. The maximum atomic E-state index is 14.4. The van der Waals surface area contributed by atoms with Gasteiger partial charge in [-0.25, -0.2) is 0 Å². The Labute approximate surface area is 213 Å². The molecule has 0 aromatic heterocycles. The molecule has 9 atom stereocenters. The van der Waals surface area contributed by atoms with Crippen molar-refractivity contribution in [1.29, 1.82) is 5.26 Å². The van der Waals surface area contributed by atoms with E-state index in [4.69, 9.17) is 0 Å². The van der Waals surface area contributed by atoms with Gasteiger partial charge >= 0.3 is 0 Å². The van der Waals surface area contributed by atoms with Crippen LogP contribution in [0, 0.1) is 73.4 Å². The summed E-state index contributed by atoms with van der Waals surface area (Å²) < 4.78 is 0. The fourth-order valence-corrected chi connectivity index (χ4v) is 11.2. The number of allylic oxidation sites excluding steroid dienone is 1. The summed E-state index contributed by atoms with van der Waals surface area (Å²) in [5, 5.41) is 9.94. The van der Waals surface area contributed by atoms with Gasteiger partial charge in [0.1, 0.15) is 11.7 Å². The van der Waals surface area contributed by atoms with Gasteiger partial charge in [0.2, 0.25) is 0 Å². The molecule has 0 bridgehead atoms. The smallest absolute Gasteiger partial charge is 0.155 e. The maximum Gasteiger partial charge on any atom is 0.155 e. The molecule has 0 saturated heterocycles. The van der Waals surface area contributed by atoms with Gasteiger partial charge in [0.15, 0.2) is 5.78 Å². The molecule has 0 N–H and O–H groups in total. The molecule has 5 fully saturated rings. The zero-order valence-electron chi connectivity index (χ0n) is 23.3. The van der Waals surface area contributed by atoms with E-state index in [0.717, 1.165) is 38.5 Å². The number of carbonyl (C=O) groups is 2. The van der Waals surface area contributed by atoms with E-state index in [2.05, 4.69) is 67.2 Å². The maximum absolute atomic E-state index is 14.4. The van der Waals surface area contributed by atoms with E-state index in [1.165, 1.54) is 6.42 Å². The largest absolute Gasteiger partial charge is 0.299 e. The third kappa shape index (κ3) is 3.01. The minimum Gasteiger partial charge on any atom is -0.299 e. The van der Waals surface area contributed by atoms with Gasteiger partial charge in [-0.05, 0) is 96.2 Å². The van der Waals surface area contributed by atoms with Crippen molar-refractivity contribution < 1.29 is 9.59 Å². The predicted molar refractivity (Wildman–Crippen MR) is 139 cm³/mol. The van der Waals surface area contributed by atoms with E-state index >= 15 is 0 Å². The first-order valence-corrected chi connectivity index (χ1v) is 14.2. The molecule has 0 spiro atoms. The summed E-state index contributed by atoms with van der Waals surface area (Å²) in [7, 11) is 0. The lowest BCUT2D eigenvalue weighted by Crippen LogP contribution is -2.69. The van der Waals surface area contributed by atoms with Crippen LogP contribution in [0.1, 0.15) is 106 Å². The van der Waals surface area contributed by atoms with Crippen molar-refractivity contribution >= 4 is 11.6 Å². The van der Waals surface area contributed by atoms with Crippen molar-refractivity contribution in [3.8, 4) is 6.07 Å². The summed E-state index contributed by atoms with van der Waals surface area (Å²) in [6, 6.07) is 2.37. The molecule has 5 saturated carbocycles. The molecular formula is C32H47NO2. The van der Waals surface area contributed by atoms with Crippen molar-refractivity contribution in [2.75, 3.05) is 0 Å². The molecule has 5 aliphatic carbocycles. The molecule has 192 valence electrons. The van der Waals surface area contributed by atoms with Gasteiger partial charge in [-0.15, -0.1) is 6.58 Å². The summed E-state index contributed by atoms with van der Waals surface area (Å²) in [6.45, 7) is 20.5. The fraction of sp³-hybridized carbons (Fsp3) is 0.844. The van der Waals surface area contributed by atoms with Crippen molar-refractivity contribution in [3.63, 3.8) is 0 Å². The lowest BCUT2D eigenvalue weighted by molar-refractivity contribution is -0.231. The van der Waals surface area contributed by atoms with Crippen molar-refractivity contribution in [3.05, 3.63) is 12.7 Å². The summed E-state index contributed by atoms with van der Waals surface area (Å²) >= 11 is 0. The van der Waals surface area contributed by atoms with Gasteiger partial charge in [0.25, 0.3) is 0 Å². The number of hydrogen-bond donors (Lipinski definition) is 0. The van der Waals surface area contributed by atoms with E-state index in [1.807, 2.05) is 0 Å². The Hall–Kier alpha value is -1.43. The van der Waals surface area contributed by atoms with E-state index in [-0.39, 0.29) is 50.6 Å². The molecule has 1 unspecified atom stereocenters. The first-order valence-electron chi connectivity index (χ1n) is 14.2. The second kappa shape index (κ2) is 7.33. The lowest BCUT2D eigenvalue weighted by atomic mass is 9.31. The van der Waals surface area contributed by atoms with Crippen LogP contribution in [0.15, 0.2) is 12.7 Å². The number of hydrogen-bond acceptors (Lipinski definition) is 3. The van der Waals surface area contributed by atoms with Crippen LogP contribution in [0.25, 0.3) is 0 Å². The predicted octanol–water partition coefficient (Wildman–Crippen LogP) is 7.55. The molecule has 0 aromatic carbocycles. The normalized spacial score (nSPS) is 52.2. The van der Waals surface area contributed by atoms with Gasteiger partial charge in [0.05, 0.1) is 6.07 Å². The Morgan fingerprint density at radius 2 is 1.54 bits per heavy atom. The first kappa shape index (κ1) is 25.2. The highest BCUT2D eigenvalue weighted by Crippen LogP contribution is 2.76. The van der Waals surface area contributed by atoms with Crippen molar-refractivity contribution in [1.82, 2.24) is 0 Å². The number of carbonyl (C=O) groups excluding carboxylic acids is 2. The summed E-state index contributed by atoms with van der Waals surface area (Å²) in [6.07, 6.45) is 11.3. The van der Waals surface area contributed by atoms with E-state index in [0.29, 0.717) is 24.5 Å². The summed E-state index contributed by atoms with van der Waals surface area (Å²) in [5.41, 5.74) is -0.294. The van der Waals surface area contributed by atoms with Gasteiger partial charge in [-0.2, -0.15) is 5.26 Å². The minimum absolute atomic E-state index is 0.0423. The van der Waals surface area contributed by atoms with E-state index < -0.39 is 11.3 Å². The van der Waals surface area contributed by atoms with Gasteiger partial charge in [-0.1, -0.05) is 54.5 Å². The minimum atomic E-state index is -0.548. The number of nitrogens with zero attached hydrogens (tertiary/aromatic N) is 1. The molecule has 3 heteroatoms. The zero-order chi connectivity index (χ0) is 25.8. The van der Waals surface area contributed by atoms with Crippen LogP contribution in [-0.2, 0) is 9.59 Å². The highest BCUT2D eigenvalue weighted by Gasteiger charge is 2.72. The Morgan fingerprint density at radius 3 is 2.17 bits per heavy atom. The fourth-order valence-electron chi connectivity index (χ4n) is 11.2. The number of Topliss-reactive ketones (excluding diaryl/α,β-unsaturated/α-hetero) is 2. The van der Waals surface area contributed by atoms with Gasteiger partial charge in [-0.3, -0.25) is 9.59 Å². The molecule has 35 heavy (non-hydrogen) atoms. The number of fused-ring (bicyclic) bond motifs is 7. The molecule has 5 rings (SSSR count). The number of rotatable bonds is 1. The second-order valence-electron chi connectivity index (χ2n) is 15.5. The van der Waals surface area contributed by atoms with Crippen molar-refractivity contribution in [2.45, 2.75) is 106 Å². The molecule has 3 nitrogen and oxygen atoms in total. The third-order valence-electron chi connectivity index (χ3n) is 13.4. The molecule has 5 aliphatic rings. The second-order valence-corrected chi connectivity index (χ2v) is 15.5. The van der Waals surface area contributed by atoms with Crippen LogP contribution in [-0.4, -0.2) is 11.6 Å². The van der Waals surface area contributed by atoms with Crippen LogP contribution in [0.3, 0.4) is 0 Å². The molecule has 0 radical (unpaired) electrons. The van der Waals surface area contributed by atoms with Gasteiger partial charge in [0, 0.05) is 17.8 Å². The molecule has 0 aromatic rings. The Kier molecular flexibility index (Phi) is 5.28. The van der Waals surface area contributed by atoms with E-state index in [9.17, 15) is 14.9 Å². The third-order valence-corrected chi connectivity index (χ3v) is 13.4. The molecular weight excluding hydrogens is 430 g/mol. The van der Waals surface area contributed by atoms with Crippen LogP contribution in [0.2, 0.25) is 0 Å². The van der Waals surface area contributed by atoms with E-state index in [1.54, 1.807) is 0 Å². The standard InChI is InChI=1S/C32H47NO2/c1-9-32-14-12-27(2,3)18-21(32)25-22(34)16-24-29(6)17-20(19-33)26(35)28(4,5)23(29)10-11-30(24,7)31(25,8)13-15-32/h9,20-21,23-25H,1,10-18H2,2-8H3/t20?,21-,23-,24+,25-,29-,30+,31+,32+/m0/s1. The highest BCUT2D eigenvalue weighted by atomic mass is 16.1. The van der Waals surface area contributed by atoms with Crippen LogP contribution < -0.4 is 0 Å². The highest BCUT2D eigenvalue weighted by molar-refractivity contribution is 5.90. The average molecular weight is 478 g/mol. The first-order chi connectivity index (χ1) is 16.1. The number of ketones is 2. The molecule has 0 amide bonds. The number of nitriles is 1. The van der Waals surface area contributed by atoms with Crippen LogP contribution in [0.5, 0.6) is 0 Å². The Morgan fingerprint density at radius 1 is 0.886 bits per heavy atom. The average Bonchev–Trinajstić information content (AvgIpc) is 2.77. The van der Waals surface area contributed by atoms with Crippen LogP contribution >= 0.6 is 0 Å². The molecule has 0 heterocycles. The summed E-state index contributed by atoms with van der Waals surface area (Å²) in [5.74, 6) is 0.993. The van der Waals surface area contributed by atoms with Crippen molar-refractivity contribution in [2.24, 2.45) is 62.1 Å². The Bertz CT molecular complexity index is 1020. The topological polar surface area (TPSA) is 57.9 Å². The molecule has 0 aliphatic heterocycles. The van der Waals surface area contributed by atoms with Gasteiger partial charge < -0.3 is 0 Å². The quantitative estimate of drug-likeness (QED) is 0.366. The lowest BCUT2D eigenvalue weighted by Gasteiger charge is -2.72.